The molecule has 0 saturated carbocycles. The normalized spacial score (nSPS) is 10.9. The summed E-state index contributed by atoms with van der Waals surface area (Å²) in [5.74, 6) is 1.45. The molecule has 2 heterocycles. The molecule has 0 aliphatic rings. The quantitative estimate of drug-likeness (QED) is 0.208. The number of hydrogen-bond donors (Lipinski definition) is 3. The summed E-state index contributed by atoms with van der Waals surface area (Å²) in [4.78, 5) is 20.6. The van der Waals surface area contributed by atoms with E-state index in [4.69, 9.17) is 21.2 Å². The number of aromatic nitrogens is 4. The van der Waals surface area contributed by atoms with Gasteiger partial charge in [0.15, 0.2) is 0 Å². The van der Waals surface area contributed by atoms with Crippen molar-refractivity contribution in [2.75, 3.05) is 13.2 Å². The first-order chi connectivity index (χ1) is 21.9. The van der Waals surface area contributed by atoms with E-state index in [-0.39, 0.29) is 13.2 Å². The number of imidazole rings is 2. The zero-order chi connectivity index (χ0) is 31.9. The smallest absolute Gasteiger partial charge is 0.248 e. The largest absolute Gasteiger partial charge is 0.396 e. The minimum atomic E-state index is -0.451. The Morgan fingerprint density at radius 3 is 1.62 bits per heavy atom. The van der Waals surface area contributed by atoms with Gasteiger partial charge in [-0.1, -0.05) is 38.1 Å². The molecule has 9 heteroatoms. The SMILES string of the molecule is CCc1nc2cc(C#N)ccc2n1-c1ccc(CCO)cc1.CCc1nc2cc(C(N)=O)ccc2n1-c1ccc(CCO)cc1. The highest BCUT2D eigenvalue weighted by atomic mass is 16.3. The average molecular weight is 601 g/mol. The number of nitriles is 1. The third-order valence-electron chi connectivity index (χ3n) is 7.68. The van der Waals surface area contributed by atoms with Gasteiger partial charge in [-0.3, -0.25) is 13.9 Å². The Morgan fingerprint density at radius 2 is 1.20 bits per heavy atom. The van der Waals surface area contributed by atoms with Gasteiger partial charge in [0.05, 0.1) is 33.7 Å². The molecule has 4 N–H and O–H groups in total. The number of aryl methyl sites for hydroxylation is 2. The number of benzene rings is 4. The van der Waals surface area contributed by atoms with Crippen molar-refractivity contribution >= 4 is 28.0 Å². The van der Waals surface area contributed by atoms with E-state index >= 15 is 0 Å². The van der Waals surface area contributed by atoms with Gasteiger partial charge in [0.25, 0.3) is 0 Å². The van der Waals surface area contributed by atoms with E-state index in [2.05, 4.69) is 32.1 Å². The van der Waals surface area contributed by atoms with Crippen LogP contribution in [0.1, 0.15) is 52.5 Å². The van der Waals surface area contributed by atoms with Crippen molar-refractivity contribution in [3.63, 3.8) is 0 Å². The highest BCUT2D eigenvalue weighted by molar-refractivity contribution is 5.96. The number of hydrogen-bond acceptors (Lipinski definition) is 6. The van der Waals surface area contributed by atoms with Crippen LogP contribution in [0.4, 0.5) is 0 Å². The zero-order valence-electron chi connectivity index (χ0n) is 25.4. The Hall–Kier alpha value is -5.30. The maximum Gasteiger partial charge on any atom is 0.248 e. The molecule has 9 nitrogen and oxygen atoms in total. The summed E-state index contributed by atoms with van der Waals surface area (Å²) in [7, 11) is 0. The second-order valence-electron chi connectivity index (χ2n) is 10.6. The summed E-state index contributed by atoms with van der Waals surface area (Å²) >= 11 is 0. The second kappa shape index (κ2) is 14.0. The van der Waals surface area contributed by atoms with Crippen molar-refractivity contribution in [1.82, 2.24) is 19.1 Å². The van der Waals surface area contributed by atoms with Gasteiger partial charge in [0, 0.05) is 43.0 Å². The summed E-state index contributed by atoms with van der Waals surface area (Å²) in [6.45, 7) is 4.42. The summed E-state index contributed by atoms with van der Waals surface area (Å²) in [5.41, 5.74) is 14.2. The molecule has 0 saturated heterocycles. The van der Waals surface area contributed by atoms with Crippen LogP contribution < -0.4 is 5.73 Å². The highest BCUT2D eigenvalue weighted by Gasteiger charge is 2.14. The third kappa shape index (κ3) is 6.63. The fourth-order valence-corrected chi connectivity index (χ4v) is 5.42. The van der Waals surface area contributed by atoms with Crippen molar-refractivity contribution in [2.24, 2.45) is 5.73 Å². The van der Waals surface area contributed by atoms with Crippen LogP contribution in [0.15, 0.2) is 84.9 Å². The lowest BCUT2D eigenvalue weighted by molar-refractivity contribution is 0.100. The Kier molecular flexibility index (Phi) is 9.68. The maximum absolute atomic E-state index is 11.3. The van der Waals surface area contributed by atoms with Crippen molar-refractivity contribution in [3.8, 4) is 17.4 Å². The predicted octanol–water partition coefficient (Wildman–Crippen LogP) is 5.22. The lowest BCUT2D eigenvalue weighted by Crippen LogP contribution is -2.10. The summed E-state index contributed by atoms with van der Waals surface area (Å²) < 4.78 is 4.21. The predicted molar refractivity (Wildman–Crippen MR) is 176 cm³/mol. The molecule has 4 aromatic carbocycles. The van der Waals surface area contributed by atoms with Gasteiger partial charge < -0.3 is 15.9 Å². The van der Waals surface area contributed by atoms with E-state index < -0.39 is 5.91 Å². The van der Waals surface area contributed by atoms with E-state index in [9.17, 15) is 4.79 Å². The Morgan fingerprint density at radius 1 is 0.733 bits per heavy atom. The molecular formula is C36H36N6O3. The summed E-state index contributed by atoms with van der Waals surface area (Å²) in [5, 5.41) is 27.0. The molecule has 0 aliphatic heterocycles. The summed E-state index contributed by atoms with van der Waals surface area (Å²) in [6, 6.07) is 29.3. The Balaban J connectivity index is 0.000000178. The number of primary amides is 1. The number of rotatable bonds is 9. The van der Waals surface area contributed by atoms with E-state index in [1.165, 1.54) is 0 Å². The number of aliphatic hydroxyl groups is 2. The Labute approximate surface area is 261 Å². The van der Waals surface area contributed by atoms with E-state index in [0.717, 1.165) is 69.1 Å². The summed E-state index contributed by atoms with van der Waals surface area (Å²) in [6.07, 6.45) is 2.90. The van der Waals surface area contributed by atoms with Gasteiger partial charge in [-0.2, -0.15) is 5.26 Å². The van der Waals surface area contributed by atoms with Crippen LogP contribution >= 0.6 is 0 Å². The van der Waals surface area contributed by atoms with Gasteiger partial charge in [-0.15, -0.1) is 0 Å². The lowest BCUT2D eigenvalue weighted by atomic mass is 10.1. The molecule has 6 rings (SSSR count). The number of amides is 1. The number of carbonyl (C=O) groups excluding carboxylic acids is 1. The van der Waals surface area contributed by atoms with Crippen LogP contribution in [0.5, 0.6) is 0 Å². The molecule has 228 valence electrons. The van der Waals surface area contributed by atoms with Crippen LogP contribution in [0.25, 0.3) is 33.4 Å². The fourth-order valence-electron chi connectivity index (χ4n) is 5.42. The minimum Gasteiger partial charge on any atom is -0.396 e. The topological polar surface area (TPSA) is 143 Å². The average Bonchev–Trinajstić information content (AvgIpc) is 3.63. The van der Waals surface area contributed by atoms with Crippen molar-refractivity contribution in [1.29, 1.82) is 5.26 Å². The standard InChI is InChI=1S/C18H19N3O2.C18H17N3O/c1-2-17-20-15-11-13(18(19)23)5-8-16(15)21(17)14-6-3-12(4-7-14)9-10-22;1-2-18-20-16-11-14(12-19)5-8-17(16)21(18)15-6-3-13(4-7-15)9-10-22/h3-8,11,22H,2,9-10H2,1H3,(H2,19,23);3-8,11,22H,2,9-10H2,1H3. The third-order valence-corrected chi connectivity index (χ3v) is 7.68. The molecule has 0 bridgehead atoms. The van der Waals surface area contributed by atoms with E-state index in [1.807, 2.05) is 79.7 Å². The van der Waals surface area contributed by atoms with Gasteiger partial charge in [-0.25, -0.2) is 9.97 Å². The van der Waals surface area contributed by atoms with Gasteiger partial charge >= 0.3 is 0 Å². The van der Waals surface area contributed by atoms with Gasteiger partial charge in [0.1, 0.15) is 11.6 Å². The fraction of sp³-hybridized carbons (Fsp3) is 0.222. The number of aliphatic hydroxyl groups excluding tert-OH is 2. The molecular weight excluding hydrogens is 564 g/mol. The number of carbonyl (C=O) groups is 1. The molecule has 0 radical (unpaired) electrons. The monoisotopic (exact) mass is 600 g/mol. The van der Waals surface area contributed by atoms with Crippen LogP contribution in [0.2, 0.25) is 0 Å². The molecule has 0 aliphatic carbocycles. The van der Waals surface area contributed by atoms with E-state index in [0.29, 0.717) is 24.0 Å². The number of nitrogens with zero attached hydrogens (tertiary/aromatic N) is 5. The minimum absolute atomic E-state index is 0.142. The number of nitrogens with two attached hydrogens (primary N) is 1. The van der Waals surface area contributed by atoms with Crippen LogP contribution in [-0.2, 0) is 25.7 Å². The molecule has 0 atom stereocenters. The first-order valence-electron chi connectivity index (χ1n) is 15.0. The van der Waals surface area contributed by atoms with Gasteiger partial charge in [0.2, 0.25) is 5.91 Å². The van der Waals surface area contributed by atoms with Crippen molar-refractivity contribution < 1.29 is 15.0 Å². The molecule has 0 unspecified atom stereocenters. The van der Waals surface area contributed by atoms with Crippen molar-refractivity contribution in [3.05, 3.63) is 119 Å². The highest BCUT2D eigenvalue weighted by Crippen LogP contribution is 2.25. The van der Waals surface area contributed by atoms with Crippen LogP contribution in [0, 0.1) is 11.3 Å². The molecule has 45 heavy (non-hydrogen) atoms. The van der Waals surface area contributed by atoms with Crippen molar-refractivity contribution in [2.45, 2.75) is 39.5 Å². The molecule has 1 amide bonds. The molecule has 2 aromatic heterocycles. The van der Waals surface area contributed by atoms with Crippen LogP contribution in [-0.4, -0.2) is 48.4 Å². The zero-order valence-corrected chi connectivity index (χ0v) is 25.4. The second-order valence-corrected chi connectivity index (χ2v) is 10.6. The van der Waals surface area contributed by atoms with Gasteiger partial charge in [-0.05, 0) is 84.6 Å². The maximum atomic E-state index is 11.3. The number of fused-ring (bicyclic) bond motifs is 2. The lowest BCUT2D eigenvalue weighted by Gasteiger charge is -2.09. The first kappa shape index (κ1) is 31.1. The molecule has 6 aromatic rings. The molecule has 0 fully saturated rings. The first-order valence-corrected chi connectivity index (χ1v) is 15.0. The molecule has 0 spiro atoms. The van der Waals surface area contributed by atoms with E-state index in [1.54, 1.807) is 12.1 Å². The van der Waals surface area contributed by atoms with Crippen LogP contribution in [0.3, 0.4) is 0 Å². The Bertz CT molecular complexity index is 1980.